The van der Waals surface area contributed by atoms with Gasteiger partial charge in [0.05, 0.1) is 95.5 Å². The number of nitrogens with zero attached hydrogens (tertiary/aromatic N) is 3. The number of unbranched alkanes of at least 4 members (excludes halogenated alkanes) is 2. The molecule has 0 saturated heterocycles. The summed E-state index contributed by atoms with van der Waals surface area (Å²) in [6, 6.07) is 8.01. The van der Waals surface area contributed by atoms with Crippen LogP contribution in [0.3, 0.4) is 0 Å². The fourth-order valence-corrected chi connectivity index (χ4v) is 8.17. The van der Waals surface area contributed by atoms with E-state index in [9.17, 15) is 33.6 Å². The molecule has 388 valence electrons. The Labute approximate surface area is 417 Å². The molecule has 7 N–H and O–H groups in total. The number of thioether (sulfide) groups is 2. The predicted molar refractivity (Wildman–Crippen MR) is 258 cm³/mol. The largest absolute Gasteiger partial charge is 0.481 e. The van der Waals surface area contributed by atoms with E-state index in [2.05, 4.69) is 31.2 Å². The molecule has 70 heavy (non-hydrogen) atoms. The number of hydrogen-bond acceptors (Lipinski definition) is 17. The summed E-state index contributed by atoms with van der Waals surface area (Å²) in [5.74, 6) is -3.44. The van der Waals surface area contributed by atoms with E-state index in [-0.39, 0.29) is 80.4 Å². The van der Waals surface area contributed by atoms with E-state index in [1.165, 1.54) is 4.90 Å². The highest BCUT2D eigenvalue weighted by Crippen LogP contribution is 2.41. The number of hydrogen-bond donors (Lipinski definition) is 6. The third-order valence-corrected chi connectivity index (χ3v) is 12.0. The second-order valence-electron chi connectivity index (χ2n) is 15.7. The first-order chi connectivity index (χ1) is 33.9. The highest BCUT2D eigenvalue weighted by molar-refractivity contribution is 8.08. The zero-order valence-electron chi connectivity index (χ0n) is 39.9. The van der Waals surface area contributed by atoms with Crippen molar-refractivity contribution in [2.75, 3.05) is 98.9 Å². The van der Waals surface area contributed by atoms with E-state index < -0.39 is 47.7 Å². The number of rotatable bonds is 40. The Morgan fingerprint density at radius 2 is 1.14 bits per heavy atom. The summed E-state index contributed by atoms with van der Waals surface area (Å²) in [6.07, 6.45) is 5.19. The number of carboxylic acids is 1. The number of carbonyl (C=O) groups excluding carboxylic acids is 6. The number of pyridine rings is 2. The van der Waals surface area contributed by atoms with Gasteiger partial charge in [-0.1, -0.05) is 55.9 Å². The third-order valence-electron chi connectivity index (χ3n) is 9.79. The van der Waals surface area contributed by atoms with Gasteiger partial charge in [0.1, 0.15) is 22.1 Å². The number of carboxylic acid groups (broad SMARTS) is 1. The van der Waals surface area contributed by atoms with Gasteiger partial charge in [-0.2, -0.15) is 0 Å². The Bertz CT molecular complexity index is 1870. The molecule has 0 aliphatic carbocycles. The molecule has 0 unspecified atom stereocenters. The van der Waals surface area contributed by atoms with E-state index in [1.807, 2.05) is 0 Å². The van der Waals surface area contributed by atoms with Crippen molar-refractivity contribution >= 4 is 65.1 Å². The fourth-order valence-electron chi connectivity index (χ4n) is 6.23. The lowest BCUT2D eigenvalue weighted by molar-refractivity contribution is -0.139. The Kier molecular flexibility index (Phi) is 30.2. The van der Waals surface area contributed by atoms with Gasteiger partial charge in [-0.05, 0) is 55.9 Å². The molecule has 22 nitrogen and oxygen atoms in total. The highest BCUT2D eigenvalue weighted by atomic mass is 32.2. The molecule has 24 heteroatoms. The summed E-state index contributed by atoms with van der Waals surface area (Å²) >= 11 is 2.26. The zero-order chi connectivity index (χ0) is 50.8. The van der Waals surface area contributed by atoms with Gasteiger partial charge in [-0.3, -0.25) is 33.7 Å². The number of aromatic nitrogens is 2. The summed E-state index contributed by atoms with van der Waals surface area (Å²) < 4.78 is 32.4. The predicted octanol–water partition coefficient (Wildman–Crippen LogP) is 2.27. The van der Waals surface area contributed by atoms with Gasteiger partial charge in [-0.15, -0.1) is 0 Å². The molecule has 0 saturated carbocycles. The van der Waals surface area contributed by atoms with Crippen molar-refractivity contribution in [1.82, 2.24) is 36.1 Å². The van der Waals surface area contributed by atoms with Gasteiger partial charge in [0.15, 0.2) is 0 Å². The number of ether oxygens (including phenoxy) is 6. The van der Waals surface area contributed by atoms with Gasteiger partial charge in [-0.25, -0.2) is 14.8 Å². The maximum atomic E-state index is 13.6. The van der Waals surface area contributed by atoms with Crippen molar-refractivity contribution in [3.05, 3.63) is 58.6 Å². The van der Waals surface area contributed by atoms with Crippen LogP contribution in [0.5, 0.6) is 0 Å². The minimum absolute atomic E-state index is 0.0417. The van der Waals surface area contributed by atoms with Crippen molar-refractivity contribution in [2.45, 2.75) is 80.9 Å². The van der Waals surface area contributed by atoms with Crippen molar-refractivity contribution in [3.63, 3.8) is 0 Å². The summed E-state index contributed by atoms with van der Waals surface area (Å²) in [7, 11) is 0. The Morgan fingerprint density at radius 1 is 0.629 bits per heavy atom. The summed E-state index contributed by atoms with van der Waals surface area (Å²) in [4.78, 5) is 99.0. The van der Waals surface area contributed by atoms with Crippen LogP contribution in [-0.2, 0) is 57.2 Å². The number of carbonyl (C=O) groups is 7. The van der Waals surface area contributed by atoms with E-state index in [0.717, 1.165) is 23.5 Å². The Hall–Kier alpha value is -5.21. The molecule has 2 atom stereocenters. The number of nitrogens with one attached hydrogen (secondary N) is 4. The Balaban J connectivity index is 1.33. The minimum Gasteiger partial charge on any atom is -0.481 e. The van der Waals surface area contributed by atoms with Crippen LogP contribution in [0.25, 0.3) is 0 Å². The molecular weight excluding hydrogens is 953 g/mol. The second kappa shape index (κ2) is 35.8. The lowest BCUT2D eigenvalue weighted by Crippen LogP contribution is -2.55. The average molecular weight is 1020 g/mol. The molecule has 1 aliphatic heterocycles. The summed E-state index contributed by atoms with van der Waals surface area (Å²) in [5.41, 5.74) is 5.18. The smallest absolute Gasteiger partial charge is 0.312 e. The van der Waals surface area contributed by atoms with Gasteiger partial charge >= 0.3 is 12.0 Å². The molecule has 7 amide bonds. The van der Waals surface area contributed by atoms with Gasteiger partial charge in [0.25, 0.3) is 11.8 Å². The van der Waals surface area contributed by atoms with E-state index in [0.29, 0.717) is 95.2 Å². The van der Waals surface area contributed by atoms with Crippen LogP contribution in [0.4, 0.5) is 4.79 Å². The fraction of sp³-hybridized carbons (Fsp3) is 0.587. The first-order valence-electron chi connectivity index (χ1n) is 23.2. The minimum atomic E-state index is -0.984. The number of primary amides is 1. The molecule has 3 rings (SSSR count). The maximum Gasteiger partial charge on any atom is 0.312 e. The molecule has 0 aromatic carbocycles. The molecule has 0 spiro atoms. The summed E-state index contributed by atoms with van der Waals surface area (Å²) in [5, 5.41) is 20.5. The number of amides is 7. The standard InChI is InChI=1S/C46H68N8O14S2/c1-33(2)39(53-35(55)12-4-3-9-20-54-44(60)40(69-36-13-5-7-16-48-36)41(45(54)61)70-37-14-6-8-17-49-37)43(59)52-34(11-10-18-51-46(47)62)42(58)50-19-22-64-24-26-66-28-30-68-32-31-67-29-27-65-25-23-63-21-15-38(56)57/h5-8,13-14,16-17,33-34,39H,3-4,9-12,15,18-32H2,1-2H3,(H,50,58)(H,52,59)(H,53,55)(H,56,57)(H3,47,51,62)/t34-,39-/m0/s1. The first-order valence-corrected chi connectivity index (χ1v) is 24.9. The lowest BCUT2D eigenvalue weighted by Gasteiger charge is -2.25. The number of urea groups is 1. The summed E-state index contributed by atoms with van der Waals surface area (Å²) in [6.45, 7) is 7.87. The lowest BCUT2D eigenvalue weighted by atomic mass is 10.0. The number of aliphatic carboxylic acids is 1. The van der Waals surface area contributed by atoms with Crippen LogP contribution in [0, 0.1) is 5.92 Å². The van der Waals surface area contributed by atoms with Crippen LogP contribution in [0.15, 0.2) is 68.7 Å². The van der Waals surface area contributed by atoms with Crippen LogP contribution < -0.4 is 27.0 Å². The van der Waals surface area contributed by atoms with Crippen LogP contribution in [-0.4, -0.2) is 173 Å². The number of nitrogens with two attached hydrogens (primary N) is 1. The van der Waals surface area contributed by atoms with Crippen molar-refractivity contribution in [3.8, 4) is 0 Å². The van der Waals surface area contributed by atoms with Gasteiger partial charge in [0, 0.05) is 38.4 Å². The first kappa shape index (κ1) is 59.1. The zero-order valence-corrected chi connectivity index (χ0v) is 41.5. The van der Waals surface area contributed by atoms with Gasteiger partial charge in [0.2, 0.25) is 17.7 Å². The van der Waals surface area contributed by atoms with Crippen LogP contribution in [0.2, 0.25) is 0 Å². The molecule has 0 fully saturated rings. The maximum absolute atomic E-state index is 13.6. The van der Waals surface area contributed by atoms with Crippen LogP contribution in [0.1, 0.15) is 58.8 Å². The molecule has 3 heterocycles. The molecular formula is C46H68N8O14S2. The van der Waals surface area contributed by atoms with E-state index >= 15 is 0 Å². The number of imide groups is 1. The Morgan fingerprint density at radius 3 is 1.61 bits per heavy atom. The van der Waals surface area contributed by atoms with Crippen molar-refractivity contribution in [2.24, 2.45) is 11.7 Å². The SMILES string of the molecule is CC(C)[C@H](NC(=O)CCCCCN1C(=O)C(Sc2ccccn2)=C(Sc2ccccn2)C1=O)C(=O)N[C@@H](CCCNC(N)=O)C(=O)NCCOCCOCCOCCOCCOCCOCCC(=O)O. The van der Waals surface area contributed by atoms with E-state index in [1.54, 1.807) is 62.6 Å². The van der Waals surface area contributed by atoms with Crippen LogP contribution >= 0.6 is 23.5 Å². The molecule has 2 aromatic heterocycles. The second-order valence-corrected chi connectivity index (χ2v) is 17.7. The van der Waals surface area contributed by atoms with Crippen molar-refractivity contribution in [1.29, 1.82) is 0 Å². The highest BCUT2D eigenvalue weighted by Gasteiger charge is 2.39. The molecule has 1 aliphatic rings. The monoisotopic (exact) mass is 1020 g/mol. The quantitative estimate of drug-likeness (QED) is 0.0412. The normalized spacial score (nSPS) is 13.4. The topological polar surface area (TPSA) is 298 Å². The molecule has 0 radical (unpaired) electrons. The molecule has 0 bridgehead atoms. The average Bonchev–Trinajstić information content (AvgIpc) is 3.54. The molecule has 2 aromatic rings. The van der Waals surface area contributed by atoms with Gasteiger partial charge < -0.3 is 60.5 Å². The third kappa shape index (κ3) is 25.1. The van der Waals surface area contributed by atoms with E-state index in [4.69, 9.17) is 39.3 Å². The van der Waals surface area contributed by atoms with Crippen molar-refractivity contribution < 1.29 is 67.1 Å².